The summed E-state index contributed by atoms with van der Waals surface area (Å²) in [6, 6.07) is 21.0. The van der Waals surface area contributed by atoms with Gasteiger partial charge in [0.2, 0.25) is 0 Å². The molecule has 108 valence electrons. The first-order chi connectivity index (χ1) is 10.7. The smallest absolute Gasteiger partial charge is 0.339 e. The van der Waals surface area contributed by atoms with E-state index < -0.39 is 12.2 Å². The molecule has 0 bridgehead atoms. The van der Waals surface area contributed by atoms with Gasteiger partial charge < -0.3 is 9.84 Å². The third-order valence-electron chi connectivity index (χ3n) is 4.12. The topological polar surface area (TPSA) is 46.5 Å². The van der Waals surface area contributed by atoms with Crippen LogP contribution in [0.3, 0.4) is 0 Å². The normalized spacial score (nSPS) is 18.0. The summed E-state index contributed by atoms with van der Waals surface area (Å²) < 4.78 is 5.37. The summed E-state index contributed by atoms with van der Waals surface area (Å²) in [7, 11) is 0. The number of aliphatic hydroxyl groups excluding tert-OH is 1. The molecule has 0 spiro atoms. The van der Waals surface area contributed by atoms with Gasteiger partial charge in [-0.25, -0.2) is 4.79 Å². The molecule has 0 aromatic heterocycles. The maximum atomic E-state index is 11.9. The Morgan fingerprint density at radius 2 is 1.64 bits per heavy atom. The highest BCUT2D eigenvalue weighted by molar-refractivity contribution is 5.94. The lowest BCUT2D eigenvalue weighted by atomic mass is 9.95. The van der Waals surface area contributed by atoms with E-state index in [0.717, 1.165) is 21.9 Å². The molecule has 0 aliphatic carbocycles. The highest BCUT2D eigenvalue weighted by Crippen LogP contribution is 2.39. The van der Waals surface area contributed by atoms with Gasteiger partial charge >= 0.3 is 5.97 Å². The molecule has 1 aliphatic rings. The van der Waals surface area contributed by atoms with Crippen molar-refractivity contribution >= 4 is 16.7 Å². The number of esters is 1. The molecular weight excluding hydrogens is 276 g/mol. The summed E-state index contributed by atoms with van der Waals surface area (Å²) in [5.41, 5.74) is 2.02. The molecule has 4 rings (SSSR count). The largest absolute Gasteiger partial charge is 0.451 e. The van der Waals surface area contributed by atoms with Crippen LogP contribution in [0.25, 0.3) is 10.8 Å². The van der Waals surface area contributed by atoms with Crippen molar-refractivity contribution in [2.24, 2.45) is 0 Å². The Hall–Kier alpha value is -2.65. The molecule has 3 nitrogen and oxygen atoms in total. The molecule has 0 saturated heterocycles. The number of cyclic esters (lactones) is 1. The zero-order chi connectivity index (χ0) is 15.1. The summed E-state index contributed by atoms with van der Waals surface area (Å²) in [5, 5.41) is 12.8. The van der Waals surface area contributed by atoms with Crippen LogP contribution in [0.15, 0.2) is 66.7 Å². The molecule has 2 atom stereocenters. The third-order valence-corrected chi connectivity index (χ3v) is 4.12. The standard InChI is InChI=1S/C19H14O3/c20-17(14-10-9-12-5-1-2-6-13(12)11-14)18-15-7-3-4-8-16(15)19(21)22-18/h1-11,17-18,20H/t17-,18+/m1/s1. The number of ether oxygens (including phenoxy) is 1. The van der Waals surface area contributed by atoms with Gasteiger partial charge in [-0.3, -0.25) is 0 Å². The van der Waals surface area contributed by atoms with Gasteiger partial charge in [-0.05, 0) is 28.5 Å². The van der Waals surface area contributed by atoms with Crippen LogP contribution < -0.4 is 0 Å². The molecule has 3 aromatic rings. The molecule has 0 unspecified atom stereocenters. The predicted molar refractivity (Wildman–Crippen MR) is 83.5 cm³/mol. The van der Waals surface area contributed by atoms with E-state index in [4.69, 9.17) is 4.74 Å². The van der Waals surface area contributed by atoms with E-state index in [2.05, 4.69) is 0 Å². The Morgan fingerprint density at radius 1 is 0.909 bits per heavy atom. The summed E-state index contributed by atoms with van der Waals surface area (Å²) in [6.45, 7) is 0. The fraction of sp³-hybridized carbons (Fsp3) is 0.105. The molecule has 1 heterocycles. The number of carbonyl (C=O) groups is 1. The average Bonchev–Trinajstić information content (AvgIpc) is 2.91. The number of rotatable bonds is 2. The molecule has 3 heteroatoms. The van der Waals surface area contributed by atoms with Gasteiger partial charge in [0.15, 0.2) is 6.10 Å². The second-order valence-electron chi connectivity index (χ2n) is 5.46. The van der Waals surface area contributed by atoms with E-state index in [1.807, 2.05) is 54.6 Å². The molecule has 0 radical (unpaired) electrons. The SMILES string of the molecule is O=C1O[C@H]([C@H](O)c2ccc3ccccc3c2)c2ccccc21. The fourth-order valence-electron chi connectivity index (χ4n) is 2.97. The minimum atomic E-state index is -0.878. The minimum absolute atomic E-state index is 0.375. The molecule has 0 amide bonds. The van der Waals surface area contributed by atoms with Crippen LogP contribution in [0.1, 0.15) is 33.7 Å². The van der Waals surface area contributed by atoms with Gasteiger partial charge in [0.05, 0.1) is 5.56 Å². The van der Waals surface area contributed by atoms with Crippen LogP contribution in [-0.2, 0) is 4.74 Å². The van der Waals surface area contributed by atoms with Crippen LogP contribution in [0.2, 0.25) is 0 Å². The Kier molecular flexibility index (Phi) is 2.94. The van der Waals surface area contributed by atoms with Gasteiger partial charge in [0, 0.05) is 5.56 Å². The molecule has 22 heavy (non-hydrogen) atoms. The van der Waals surface area contributed by atoms with Gasteiger partial charge in [-0.2, -0.15) is 0 Å². The van der Waals surface area contributed by atoms with Crippen LogP contribution >= 0.6 is 0 Å². The van der Waals surface area contributed by atoms with Crippen molar-refractivity contribution in [3.8, 4) is 0 Å². The first kappa shape index (κ1) is 13.0. The monoisotopic (exact) mass is 290 g/mol. The first-order valence-corrected chi connectivity index (χ1v) is 7.21. The summed E-state index contributed by atoms with van der Waals surface area (Å²) in [6.07, 6.45) is -1.53. The third kappa shape index (κ3) is 1.98. The number of benzene rings is 3. The number of fused-ring (bicyclic) bond motifs is 2. The Balaban J connectivity index is 1.75. The van der Waals surface area contributed by atoms with Crippen LogP contribution in [-0.4, -0.2) is 11.1 Å². The van der Waals surface area contributed by atoms with E-state index in [9.17, 15) is 9.90 Å². The molecule has 1 N–H and O–H groups in total. The maximum absolute atomic E-state index is 11.9. The fourth-order valence-corrected chi connectivity index (χ4v) is 2.97. The summed E-state index contributed by atoms with van der Waals surface area (Å²) in [5.74, 6) is -0.375. The summed E-state index contributed by atoms with van der Waals surface area (Å²) >= 11 is 0. The lowest BCUT2D eigenvalue weighted by Crippen LogP contribution is -2.10. The Bertz CT molecular complexity index is 869. The van der Waals surface area contributed by atoms with E-state index in [-0.39, 0.29) is 5.97 Å². The second-order valence-corrected chi connectivity index (χ2v) is 5.46. The van der Waals surface area contributed by atoms with Crippen molar-refractivity contribution in [3.05, 3.63) is 83.4 Å². The van der Waals surface area contributed by atoms with Gasteiger partial charge in [0.25, 0.3) is 0 Å². The summed E-state index contributed by atoms with van der Waals surface area (Å²) in [4.78, 5) is 11.9. The van der Waals surface area contributed by atoms with Gasteiger partial charge in [-0.15, -0.1) is 0 Å². The van der Waals surface area contributed by atoms with Gasteiger partial charge in [0.1, 0.15) is 6.10 Å². The Morgan fingerprint density at radius 3 is 2.50 bits per heavy atom. The van der Waals surface area contributed by atoms with Crippen molar-refractivity contribution in [2.45, 2.75) is 12.2 Å². The van der Waals surface area contributed by atoms with Crippen LogP contribution in [0, 0.1) is 0 Å². The lowest BCUT2D eigenvalue weighted by Gasteiger charge is -2.19. The van der Waals surface area contributed by atoms with E-state index >= 15 is 0 Å². The second kappa shape index (κ2) is 4.97. The molecule has 0 saturated carbocycles. The highest BCUT2D eigenvalue weighted by atomic mass is 16.6. The maximum Gasteiger partial charge on any atom is 0.339 e. The quantitative estimate of drug-likeness (QED) is 0.730. The van der Waals surface area contributed by atoms with E-state index in [0.29, 0.717) is 5.56 Å². The number of aliphatic hydroxyl groups is 1. The van der Waals surface area contributed by atoms with E-state index in [1.165, 1.54) is 0 Å². The number of hydrogen-bond acceptors (Lipinski definition) is 3. The zero-order valence-corrected chi connectivity index (χ0v) is 11.8. The first-order valence-electron chi connectivity index (χ1n) is 7.21. The molecule has 1 aliphatic heterocycles. The van der Waals surface area contributed by atoms with Crippen molar-refractivity contribution in [3.63, 3.8) is 0 Å². The van der Waals surface area contributed by atoms with Crippen LogP contribution in [0.5, 0.6) is 0 Å². The molecular formula is C19H14O3. The van der Waals surface area contributed by atoms with Crippen molar-refractivity contribution in [2.75, 3.05) is 0 Å². The minimum Gasteiger partial charge on any atom is -0.451 e. The zero-order valence-electron chi connectivity index (χ0n) is 11.8. The molecule has 3 aromatic carbocycles. The van der Waals surface area contributed by atoms with Gasteiger partial charge in [-0.1, -0.05) is 54.6 Å². The number of carbonyl (C=O) groups excluding carboxylic acids is 1. The Labute approximate surface area is 127 Å². The highest BCUT2D eigenvalue weighted by Gasteiger charge is 2.36. The van der Waals surface area contributed by atoms with Crippen LogP contribution in [0.4, 0.5) is 0 Å². The molecule has 0 fully saturated rings. The van der Waals surface area contributed by atoms with Crippen molar-refractivity contribution in [1.82, 2.24) is 0 Å². The van der Waals surface area contributed by atoms with Crippen molar-refractivity contribution < 1.29 is 14.6 Å². The van der Waals surface area contributed by atoms with E-state index in [1.54, 1.807) is 12.1 Å². The average molecular weight is 290 g/mol. The lowest BCUT2D eigenvalue weighted by molar-refractivity contribution is -0.0102. The van der Waals surface area contributed by atoms with Crippen molar-refractivity contribution in [1.29, 1.82) is 0 Å². The number of hydrogen-bond donors (Lipinski definition) is 1. The predicted octanol–water partition coefficient (Wildman–Crippen LogP) is 3.78.